The molecule has 0 heterocycles. The highest BCUT2D eigenvalue weighted by Crippen LogP contribution is 2.17. The monoisotopic (exact) mass is 903 g/mol. The van der Waals surface area contributed by atoms with Crippen LogP contribution in [0.4, 0.5) is 0 Å². The van der Waals surface area contributed by atoms with Crippen LogP contribution in [0.5, 0.6) is 0 Å². The molecule has 0 aliphatic heterocycles. The Labute approximate surface area is 410 Å². The van der Waals surface area contributed by atoms with Gasteiger partial charge in [0.1, 0.15) is 0 Å². The zero-order chi connectivity index (χ0) is 46.8. The van der Waals surface area contributed by atoms with E-state index in [4.69, 9.17) is 0 Å². The van der Waals surface area contributed by atoms with Gasteiger partial charge in [-0.25, -0.2) is 0 Å². The van der Waals surface area contributed by atoms with Gasteiger partial charge in [-0.3, -0.25) is 0 Å². The van der Waals surface area contributed by atoms with Crippen molar-refractivity contribution in [3.05, 3.63) is 0 Å². The molecule has 0 atom stereocenters. The molecule has 0 fully saturated rings. The first-order valence-electron chi connectivity index (χ1n) is 31.1. The maximum atomic E-state index is 2.70. The molecule has 0 saturated carbocycles. The van der Waals surface area contributed by atoms with Gasteiger partial charge in [0, 0.05) is 0 Å². The third-order valence-electron chi connectivity index (χ3n) is 14.7. The summed E-state index contributed by atoms with van der Waals surface area (Å²) in [5, 5.41) is 0. The number of nitrogens with zero attached hydrogens (tertiary/aromatic N) is 2. The summed E-state index contributed by atoms with van der Waals surface area (Å²) in [7, 11) is 0. The fraction of sp³-hybridized carbons (Fsp3) is 1.00. The molecule has 0 bridgehead atoms. The standard InChI is InChI=1S/C32H67N.C30H63N/c1-4-7-9-11-13-15-16-17-18-19-20-21-22-23-24-26-28-30-32-33(6-3)31-29-27-25-14-12-10-8-5-2;1-4-7-9-11-13-15-16-17-18-19-20-21-22-24-26-28-30-31(6-3)29-27-25-23-14-12-10-8-5-2/h4-32H2,1-3H3;4-30H2,1-3H3. The van der Waals surface area contributed by atoms with E-state index in [0.29, 0.717) is 0 Å². The predicted octanol–water partition coefficient (Wildman–Crippen LogP) is 22.2. The van der Waals surface area contributed by atoms with Crippen molar-refractivity contribution in [2.75, 3.05) is 39.3 Å². The molecule has 388 valence electrons. The molecule has 0 aromatic rings. The first kappa shape index (κ1) is 66.0. The lowest BCUT2D eigenvalue weighted by molar-refractivity contribution is 0.273. The Hall–Kier alpha value is -0.0800. The Morgan fingerprint density at radius 3 is 0.359 bits per heavy atom. The predicted molar refractivity (Wildman–Crippen MR) is 298 cm³/mol. The van der Waals surface area contributed by atoms with Crippen LogP contribution >= 0.6 is 0 Å². The van der Waals surface area contributed by atoms with Crippen LogP contribution in [-0.4, -0.2) is 49.1 Å². The van der Waals surface area contributed by atoms with Crippen LogP contribution in [0.1, 0.15) is 363 Å². The molecule has 0 aliphatic carbocycles. The molecular formula is C62H130N2. The molecule has 0 amide bonds. The summed E-state index contributed by atoms with van der Waals surface area (Å²) in [6.07, 6.45) is 72.9. The smallest absolute Gasteiger partial charge is 0.00189 e. The van der Waals surface area contributed by atoms with E-state index in [-0.39, 0.29) is 0 Å². The Kier molecular flexibility index (Phi) is 64.9. The lowest BCUT2D eigenvalue weighted by atomic mass is 10.0. The van der Waals surface area contributed by atoms with Crippen molar-refractivity contribution in [1.82, 2.24) is 9.80 Å². The van der Waals surface area contributed by atoms with Gasteiger partial charge in [-0.15, -0.1) is 0 Å². The summed E-state index contributed by atoms with van der Waals surface area (Å²) in [6.45, 7) is 21.8. The van der Waals surface area contributed by atoms with Gasteiger partial charge in [0.25, 0.3) is 0 Å². The summed E-state index contributed by atoms with van der Waals surface area (Å²) in [5.74, 6) is 0. The summed E-state index contributed by atoms with van der Waals surface area (Å²) >= 11 is 0. The maximum Gasteiger partial charge on any atom is -0.00189 e. The zero-order valence-electron chi connectivity index (χ0n) is 46.5. The first-order valence-corrected chi connectivity index (χ1v) is 31.1. The van der Waals surface area contributed by atoms with Crippen molar-refractivity contribution in [2.24, 2.45) is 0 Å². The van der Waals surface area contributed by atoms with Gasteiger partial charge in [0.15, 0.2) is 0 Å². The van der Waals surface area contributed by atoms with Gasteiger partial charge in [-0.2, -0.15) is 0 Å². The van der Waals surface area contributed by atoms with Gasteiger partial charge >= 0.3 is 0 Å². The fourth-order valence-corrected chi connectivity index (χ4v) is 9.92. The molecule has 0 aliphatic rings. The molecule has 0 rings (SSSR count). The van der Waals surface area contributed by atoms with Crippen molar-refractivity contribution in [1.29, 1.82) is 0 Å². The number of hydrogen-bond donors (Lipinski definition) is 0. The minimum absolute atomic E-state index is 1.25. The van der Waals surface area contributed by atoms with Crippen LogP contribution in [0.3, 0.4) is 0 Å². The van der Waals surface area contributed by atoms with Crippen LogP contribution < -0.4 is 0 Å². The third-order valence-corrected chi connectivity index (χ3v) is 14.7. The second-order valence-electron chi connectivity index (χ2n) is 21.1. The van der Waals surface area contributed by atoms with Crippen molar-refractivity contribution in [2.45, 2.75) is 363 Å². The van der Waals surface area contributed by atoms with Crippen LogP contribution in [-0.2, 0) is 0 Å². The summed E-state index contributed by atoms with van der Waals surface area (Å²) < 4.78 is 0. The molecule has 0 radical (unpaired) electrons. The van der Waals surface area contributed by atoms with E-state index >= 15 is 0 Å². The minimum Gasteiger partial charge on any atom is -0.304 e. The van der Waals surface area contributed by atoms with Crippen molar-refractivity contribution in [3.8, 4) is 0 Å². The van der Waals surface area contributed by atoms with E-state index in [2.05, 4.69) is 51.3 Å². The molecule has 0 N–H and O–H groups in total. The van der Waals surface area contributed by atoms with Crippen LogP contribution in [0.15, 0.2) is 0 Å². The molecule has 0 saturated heterocycles. The molecule has 0 aromatic heterocycles. The van der Waals surface area contributed by atoms with Gasteiger partial charge in [-0.1, -0.05) is 337 Å². The van der Waals surface area contributed by atoms with Crippen molar-refractivity contribution < 1.29 is 0 Å². The Morgan fingerprint density at radius 1 is 0.141 bits per heavy atom. The van der Waals surface area contributed by atoms with E-state index in [1.165, 1.54) is 360 Å². The Balaban J connectivity index is 0. The second kappa shape index (κ2) is 62.9. The number of rotatable bonds is 56. The molecule has 64 heavy (non-hydrogen) atoms. The van der Waals surface area contributed by atoms with E-state index in [1.54, 1.807) is 0 Å². The Morgan fingerprint density at radius 2 is 0.250 bits per heavy atom. The number of hydrogen-bond acceptors (Lipinski definition) is 2. The average Bonchev–Trinajstić information content (AvgIpc) is 3.31. The number of unbranched alkanes of at least 4 members (excludes halogenated alkanes) is 46. The fourth-order valence-electron chi connectivity index (χ4n) is 9.92. The largest absolute Gasteiger partial charge is 0.304 e. The zero-order valence-corrected chi connectivity index (χ0v) is 46.5. The van der Waals surface area contributed by atoms with E-state index < -0.39 is 0 Å². The highest BCUT2D eigenvalue weighted by Gasteiger charge is 2.04. The Bertz CT molecular complexity index is 751. The van der Waals surface area contributed by atoms with Gasteiger partial charge in [0.2, 0.25) is 0 Å². The summed E-state index contributed by atoms with van der Waals surface area (Å²) in [5.41, 5.74) is 0. The van der Waals surface area contributed by atoms with E-state index in [9.17, 15) is 0 Å². The molecule has 2 nitrogen and oxygen atoms in total. The highest BCUT2D eigenvalue weighted by molar-refractivity contribution is 4.60. The van der Waals surface area contributed by atoms with Crippen LogP contribution in [0.25, 0.3) is 0 Å². The first-order chi connectivity index (χ1) is 31.7. The van der Waals surface area contributed by atoms with E-state index in [0.717, 1.165) is 0 Å². The van der Waals surface area contributed by atoms with E-state index in [1.807, 2.05) is 0 Å². The normalized spacial score (nSPS) is 11.6. The minimum atomic E-state index is 1.25. The third kappa shape index (κ3) is 59.9. The SMILES string of the molecule is CCCCCCCCCCCCCCCCCCCCN(CC)CCCCCCCCCC.CCCCCCCCCCCCCCCCCCN(CC)CCCCCCCCCC. The summed E-state index contributed by atoms with van der Waals surface area (Å²) in [6, 6.07) is 0. The molecule has 0 spiro atoms. The van der Waals surface area contributed by atoms with Gasteiger partial charge in [-0.05, 0) is 65.0 Å². The van der Waals surface area contributed by atoms with Gasteiger partial charge < -0.3 is 9.80 Å². The molecule has 2 heteroatoms. The van der Waals surface area contributed by atoms with Gasteiger partial charge in [0.05, 0.1) is 0 Å². The second-order valence-corrected chi connectivity index (χ2v) is 21.1. The summed E-state index contributed by atoms with van der Waals surface area (Å²) in [4.78, 5) is 5.39. The maximum absolute atomic E-state index is 2.70. The molecule has 0 unspecified atom stereocenters. The molecule has 0 aromatic carbocycles. The average molecular weight is 904 g/mol. The van der Waals surface area contributed by atoms with Crippen molar-refractivity contribution in [3.63, 3.8) is 0 Å². The van der Waals surface area contributed by atoms with Crippen LogP contribution in [0, 0.1) is 0 Å². The highest BCUT2D eigenvalue weighted by atomic mass is 15.1. The molecular weight excluding hydrogens is 773 g/mol. The quantitative estimate of drug-likeness (QED) is 0.0561. The van der Waals surface area contributed by atoms with Crippen molar-refractivity contribution >= 4 is 0 Å². The van der Waals surface area contributed by atoms with Crippen LogP contribution in [0.2, 0.25) is 0 Å². The lowest BCUT2D eigenvalue weighted by Crippen LogP contribution is -2.25. The topological polar surface area (TPSA) is 6.48 Å². The lowest BCUT2D eigenvalue weighted by Gasteiger charge is -2.20.